The molecular weight excluding hydrogens is 256 g/mol. The van der Waals surface area contributed by atoms with Crippen molar-refractivity contribution in [3.63, 3.8) is 0 Å². The van der Waals surface area contributed by atoms with Gasteiger partial charge in [0, 0.05) is 19.1 Å². The highest BCUT2D eigenvalue weighted by Gasteiger charge is 2.55. The van der Waals surface area contributed by atoms with Crippen LogP contribution in [0.2, 0.25) is 0 Å². The molecule has 4 nitrogen and oxygen atoms in total. The van der Waals surface area contributed by atoms with Gasteiger partial charge in [-0.1, -0.05) is 0 Å². The Hall–Kier alpha value is -0.870. The van der Waals surface area contributed by atoms with Gasteiger partial charge in [-0.05, 0) is 52.0 Å². The lowest BCUT2D eigenvalue weighted by Crippen LogP contribution is -2.31. The van der Waals surface area contributed by atoms with E-state index in [0.717, 1.165) is 43.3 Å². The quantitative estimate of drug-likeness (QED) is 0.547. The standard InChI is InChI=1S/C16H24O4/c1-10-11-5-7-15(2,18-4)8-6-13-16(3,20-13)9-12(11)19-14(10)17/h12-13H,5-9H2,1-4H3. The van der Waals surface area contributed by atoms with Gasteiger partial charge in [-0.3, -0.25) is 0 Å². The van der Waals surface area contributed by atoms with Crippen LogP contribution in [0.4, 0.5) is 0 Å². The molecule has 4 atom stereocenters. The van der Waals surface area contributed by atoms with Crippen molar-refractivity contribution in [2.75, 3.05) is 7.11 Å². The van der Waals surface area contributed by atoms with E-state index < -0.39 is 0 Å². The number of hydrogen-bond donors (Lipinski definition) is 0. The van der Waals surface area contributed by atoms with Crippen LogP contribution in [0.15, 0.2) is 11.1 Å². The molecule has 0 amide bonds. The van der Waals surface area contributed by atoms with Gasteiger partial charge in [0.15, 0.2) is 0 Å². The molecule has 1 aliphatic carbocycles. The van der Waals surface area contributed by atoms with E-state index >= 15 is 0 Å². The molecule has 20 heavy (non-hydrogen) atoms. The summed E-state index contributed by atoms with van der Waals surface area (Å²) >= 11 is 0. The second kappa shape index (κ2) is 4.57. The first kappa shape index (κ1) is 14.1. The Balaban J connectivity index is 1.87. The summed E-state index contributed by atoms with van der Waals surface area (Å²) in [5.74, 6) is -0.163. The number of fused-ring (bicyclic) bond motifs is 2. The van der Waals surface area contributed by atoms with E-state index in [2.05, 4.69) is 13.8 Å². The maximum Gasteiger partial charge on any atom is 0.334 e. The van der Waals surface area contributed by atoms with E-state index in [1.807, 2.05) is 6.92 Å². The normalized spacial score (nSPS) is 44.7. The zero-order chi connectivity index (χ0) is 14.5. The van der Waals surface area contributed by atoms with Gasteiger partial charge in [0.05, 0.1) is 17.3 Å². The summed E-state index contributed by atoms with van der Waals surface area (Å²) in [5, 5.41) is 0. The zero-order valence-electron chi connectivity index (χ0n) is 12.8. The Labute approximate surface area is 120 Å². The largest absolute Gasteiger partial charge is 0.454 e. The molecule has 2 aliphatic heterocycles. The molecule has 2 fully saturated rings. The Morgan fingerprint density at radius 2 is 2.05 bits per heavy atom. The summed E-state index contributed by atoms with van der Waals surface area (Å²) in [5.41, 5.74) is 1.66. The van der Waals surface area contributed by atoms with Crippen LogP contribution in [0.1, 0.15) is 52.9 Å². The molecule has 4 heteroatoms. The smallest absolute Gasteiger partial charge is 0.334 e. The van der Waals surface area contributed by atoms with Crippen molar-refractivity contribution in [3.05, 3.63) is 11.1 Å². The molecule has 0 aromatic carbocycles. The van der Waals surface area contributed by atoms with E-state index in [-0.39, 0.29) is 29.4 Å². The number of methoxy groups -OCH3 is 1. The Morgan fingerprint density at radius 3 is 2.75 bits per heavy atom. The Bertz CT molecular complexity index is 469. The number of epoxide rings is 1. The van der Waals surface area contributed by atoms with Gasteiger partial charge in [-0.15, -0.1) is 0 Å². The third-order valence-corrected chi connectivity index (χ3v) is 5.40. The van der Waals surface area contributed by atoms with Crippen molar-refractivity contribution >= 4 is 5.97 Å². The Kier molecular flexibility index (Phi) is 3.22. The molecule has 112 valence electrons. The maximum atomic E-state index is 11.8. The fourth-order valence-electron chi connectivity index (χ4n) is 3.54. The molecule has 0 aromatic rings. The zero-order valence-corrected chi connectivity index (χ0v) is 12.8. The molecule has 3 aliphatic rings. The van der Waals surface area contributed by atoms with Gasteiger partial charge in [0.25, 0.3) is 0 Å². The summed E-state index contributed by atoms with van der Waals surface area (Å²) < 4.78 is 17.1. The molecule has 1 saturated carbocycles. The fraction of sp³-hybridized carbons (Fsp3) is 0.812. The lowest BCUT2D eigenvalue weighted by molar-refractivity contribution is -0.140. The minimum Gasteiger partial charge on any atom is -0.454 e. The van der Waals surface area contributed by atoms with Crippen molar-refractivity contribution in [3.8, 4) is 0 Å². The second-order valence-electron chi connectivity index (χ2n) is 6.86. The van der Waals surface area contributed by atoms with Crippen molar-refractivity contribution in [1.29, 1.82) is 0 Å². The Morgan fingerprint density at radius 1 is 1.30 bits per heavy atom. The van der Waals surface area contributed by atoms with Crippen molar-refractivity contribution in [1.82, 2.24) is 0 Å². The van der Waals surface area contributed by atoms with E-state index in [0.29, 0.717) is 0 Å². The second-order valence-corrected chi connectivity index (χ2v) is 6.86. The van der Waals surface area contributed by atoms with E-state index in [9.17, 15) is 4.79 Å². The van der Waals surface area contributed by atoms with E-state index in [1.165, 1.54) is 0 Å². The van der Waals surface area contributed by atoms with Crippen molar-refractivity contribution in [2.45, 2.75) is 76.3 Å². The van der Waals surface area contributed by atoms with Crippen LogP contribution in [0.3, 0.4) is 0 Å². The third-order valence-electron chi connectivity index (χ3n) is 5.40. The molecule has 0 radical (unpaired) electrons. The predicted molar refractivity (Wildman–Crippen MR) is 74.4 cm³/mol. The van der Waals surface area contributed by atoms with Crippen molar-refractivity contribution in [2.24, 2.45) is 0 Å². The van der Waals surface area contributed by atoms with E-state index in [1.54, 1.807) is 7.11 Å². The third kappa shape index (κ3) is 2.29. The van der Waals surface area contributed by atoms with Gasteiger partial charge < -0.3 is 14.2 Å². The number of esters is 1. The first-order valence-corrected chi connectivity index (χ1v) is 7.50. The first-order chi connectivity index (χ1) is 9.37. The highest BCUT2D eigenvalue weighted by molar-refractivity contribution is 5.91. The molecular formula is C16H24O4. The molecule has 0 bridgehead atoms. The molecule has 2 heterocycles. The monoisotopic (exact) mass is 280 g/mol. The highest BCUT2D eigenvalue weighted by Crippen LogP contribution is 2.48. The predicted octanol–water partition coefficient (Wildman–Crippen LogP) is 2.76. The molecule has 4 unspecified atom stereocenters. The van der Waals surface area contributed by atoms with Gasteiger partial charge in [0.2, 0.25) is 0 Å². The highest BCUT2D eigenvalue weighted by atomic mass is 16.6. The number of hydrogen-bond acceptors (Lipinski definition) is 4. The van der Waals surface area contributed by atoms with Crippen LogP contribution in [-0.4, -0.2) is 36.5 Å². The molecule has 0 N–H and O–H groups in total. The SMILES string of the molecule is COC1(C)CCC2=C(C)C(=O)OC2CC2(C)OC2CC1. The van der Waals surface area contributed by atoms with Crippen LogP contribution < -0.4 is 0 Å². The van der Waals surface area contributed by atoms with Crippen LogP contribution in [0.25, 0.3) is 0 Å². The number of rotatable bonds is 1. The van der Waals surface area contributed by atoms with Crippen LogP contribution in [0.5, 0.6) is 0 Å². The lowest BCUT2D eigenvalue weighted by atomic mass is 9.83. The summed E-state index contributed by atoms with van der Waals surface area (Å²) in [4.78, 5) is 11.8. The number of carbonyl (C=O) groups is 1. The summed E-state index contributed by atoms with van der Waals surface area (Å²) in [6.45, 7) is 6.15. The lowest BCUT2D eigenvalue weighted by Gasteiger charge is -2.30. The number of carbonyl (C=O) groups excluding carboxylic acids is 1. The topological polar surface area (TPSA) is 48.1 Å². The average Bonchev–Trinajstić information content (AvgIpc) is 2.97. The maximum absolute atomic E-state index is 11.8. The summed E-state index contributed by atoms with van der Waals surface area (Å²) in [7, 11) is 1.77. The molecule has 0 aromatic heterocycles. The van der Waals surface area contributed by atoms with Crippen LogP contribution in [0, 0.1) is 0 Å². The number of ether oxygens (including phenoxy) is 3. The van der Waals surface area contributed by atoms with Gasteiger partial charge >= 0.3 is 5.97 Å². The van der Waals surface area contributed by atoms with Crippen molar-refractivity contribution < 1.29 is 19.0 Å². The molecule has 0 spiro atoms. The van der Waals surface area contributed by atoms with Gasteiger partial charge in [-0.25, -0.2) is 4.79 Å². The minimum atomic E-state index is -0.163. The van der Waals surface area contributed by atoms with Crippen LogP contribution in [-0.2, 0) is 19.0 Å². The summed E-state index contributed by atoms with van der Waals surface area (Å²) in [6, 6.07) is 0. The van der Waals surface area contributed by atoms with E-state index in [4.69, 9.17) is 14.2 Å². The summed E-state index contributed by atoms with van der Waals surface area (Å²) in [6.07, 6.45) is 4.77. The first-order valence-electron chi connectivity index (χ1n) is 7.50. The van der Waals surface area contributed by atoms with Gasteiger partial charge in [-0.2, -0.15) is 0 Å². The minimum absolute atomic E-state index is 0.100. The average molecular weight is 280 g/mol. The molecule has 1 saturated heterocycles. The molecule has 3 rings (SSSR count). The van der Waals surface area contributed by atoms with Gasteiger partial charge in [0.1, 0.15) is 6.10 Å². The fourth-order valence-corrected chi connectivity index (χ4v) is 3.54. The van der Waals surface area contributed by atoms with Crippen LogP contribution >= 0.6 is 0 Å².